The number of ether oxygens (including phenoxy) is 1. The fourth-order valence-electron chi connectivity index (χ4n) is 2.70. The van der Waals surface area contributed by atoms with E-state index in [4.69, 9.17) is 4.74 Å². The molecular weight excluding hydrogens is 307 g/mol. The molecule has 124 valence electrons. The third kappa shape index (κ3) is 2.85. The molecule has 0 aliphatic rings. The summed E-state index contributed by atoms with van der Waals surface area (Å²) in [5.74, 6) is 0.278. The van der Waals surface area contributed by atoms with E-state index in [9.17, 15) is 9.18 Å². The lowest BCUT2D eigenvalue weighted by molar-refractivity contribution is -0.120. The first-order chi connectivity index (χ1) is 11.4. The van der Waals surface area contributed by atoms with Crippen molar-refractivity contribution in [3.8, 4) is 5.75 Å². The Morgan fingerprint density at radius 1 is 1.17 bits per heavy atom. The number of amides is 1. The number of aromatic nitrogens is 1. The van der Waals surface area contributed by atoms with Gasteiger partial charge in [-0.3, -0.25) is 4.79 Å². The largest absolute Gasteiger partial charge is 0.497 e. The van der Waals surface area contributed by atoms with Crippen LogP contribution in [0.15, 0.2) is 48.7 Å². The second-order valence-electron chi connectivity index (χ2n) is 6.20. The van der Waals surface area contributed by atoms with Crippen molar-refractivity contribution in [1.29, 1.82) is 0 Å². The van der Waals surface area contributed by atoms with Gasteiger partial charge in [0.2, 0.25) is 5.91 Å². The maximum Gasteiger partial charge on any atom is 0.234 e. The highest BCUT2D eigenvalue weighted by Crippen LogP contribution is 2.32. The molecule has 3 rings (SSSR count). The number of rotatable bonds is 4. The SMILES string of the molecule is COc1ccc(NC(=O)C(C)(C)c2c[nH]c3cc(F)ccc23)cc1. The van der Waals surface area contributed by atoms with Gasteiger partial charge in [0.05, 0.1) is 12.5 Å². The number of methoxy groups -OCH3 is 1. The predicted octanol–water partition coefficient (Wildman–Crippen LogP) is 4.23. The maximum absolute atomic E-state index is 13.3. The number of anilines is 1. The Labute approximate surface area is 139 Å². The van der Waals surface area contributed by atoms with Gasteiger partial charge in [0, 0.05) is 22.8 Å². The average molecular weight is 326 g/mol. The lowest BCUT2D eigenvalue weighted by Gasteiger charge is -2.23. The number of fused-ring (bicyclic) bond motifs is 1. The monoisotopic (exact) mass is 326 g/mol. The molecular formula is C19H19FN2O2. The van der Waals surface area contributed by atoms with Crippen LogP contribution in [0.25, 0.3) is 10.9 Å². The number of halogens is 1. The molecule has 1 heterocycles. The van der Waals surface area contributed by atoms with Crippen LogP contribution in [-0.2, 0) is 10.2 Å². The summed E-state index contributed by atoms with van der Waals surface area (Å²) in [7, 11) is 1.59. The quantitative estimate of drug-likeness (QED) is 0.754. The molecule has 0 saturated carbocycles. The van der Waals surface area contributed by atoms with Crippen LogP contribution in [0.1, 0.15) is 19.4 Å². The fraction of sp³-hybridized carbons (Fsp3) is 0.211. The van der Waals surface area contributed by atoms with Crippen molar-refractivity contribution in [1.82, 2.24) is 4.98 Å². The van der Waals surface area contributed by atoms with Crippen LogP contribution in [0, 0.1) is 5.82 Å². The lowest BCUT2D eigenvalue weighted by atomic mass is 9.83. The molecule has 3 aromatic rings. The number of carbonyl (C=O) groups is 1. The molecule has 0 aliphatic carbocycles. The average Bonchev–Trinajstić information content (AvgIpc) is 2.99. The number of benzene rings is 2. The van der Waals surface area contributed by atoms with Crippen molar-refractivity contribution in [2.24, 2.45) is 0 Å². The summed E-state index contributed by atoms with van der Waals surface area (Å²) in [5, 5.41) is 3.75. The van der Waals surface area contributed by atoms with Crippen LogP contribution in [0.4, 0.5) is 10.1 Å². The molecule has 0 fully saturated rings. The van der Waals surface area contributed by atoms with Crippen LogP contribution >= 0.6 is 0 Å². The lowest BCUT2D eigenvalue weighted by Crippen LogP contribution is -2.34. The van der Waals surface area contributed by atoms with E-state index in [1.54, 1.807) is 43.6 Å². The molecule has 1 amide bonds. The van der Waals surface area contributed by atoms with Gasteiger partial charge in [0.1, 0.15) is 11.6 Å². The maximum atomic E-state index is 13.3. The Bertz CT molecular complexity index is 882. The molecule has 1 aromatic heterocycles. The number of carbonyl (C=O) groups excluding carboxylic acids is 1. The first-order valence-electron chi connectivity index (χ1n) is 7.64. The van der Waals surface area contributed by atoms with Gasteiger partial charge in [-0.1, -0.05) is 0 Å². The van der Waals surface area contributed by atoms with Crippen LogP contribution in [0.5, 0.6) is 5.75 Å². The summed E-state index contributed by atoms with van der Waals surface area (Å²) in [4.78, 5) is 15.8. The van der Waals surface area contributed by atoms with Gasteiger partial charge in [0.25, 0.3) is 0 Å². The summed E-state index contributed by atoms with van der Waals surface area (Å²) in [6.45, 7) is 3.69. The van der Waals surface area contributed by atoms with Crippen molar-refractivity contribution in [3.05, 3.63) is 60.0 Å². The minimum Gasteiger partial charge on any atom is -0.497 e. The molecule has 0 radical (unpaired) electrons. The third-order valence-corrected chi connectivity index (χ3v) is 4.23. The first kappa shape index (κ1) is 16.1. The van der Waals surface area contributed by atoms with Crippen LogP contribution in [0.3, 0.4) is 0 Å². The van der Waals surface area contributed by atoms with E-state index in [-0.39, 0.29) is 11.7 Å². The van der Waals surface area contributed by atoms with E-state index in [0.717, 1.165) is 16.7 Å². The highest BCUT2D eigenvalue weighted by Gasteiger charge is 2.32. The summed E-state index contributed by atoms with van der Waals surface area (Å²) in [6, 6.07) is 11.7. The number of H-pyrrole nitrogens is 1. The topological polar surface area (TPSA) is 54.1 Å². The molecule has 24 heavy (non-hydrogen) atoms. The molecule has 0 saturated heterocycles. The van der Waals surface area contributed by atoms with E-state index >= 15 is 0 Å². The zero-order chi connectivity index (χ0) is 17.3. The minimum absolute atomic E-state index is 0.141. The molecule has 0 bridgehead atoms. The second-order valence-corrected chi connectivity index (χ2v) is 6.20. The van der Waals surface area contributed by atoms with Crippen molar-refractivity contribution >= 4 is 22.5 Å². The Kier molecular flexibility index (Phi) is 4.01. The number of aromatic amines is 1. The van der Waals surface area contributed by atoms with E-state index in [0.29, 0.717) is 11.2 Å². The summed E-state index contributed by atoms with van der Waals surface area (Å²) < 4.78 is 18.5. The fourth-order valence-corrected chi connectivity index (χ4v) is 2.70. The Hall–Kier alpha value is -2.82. The molecule has 0 aliphatic heterocycles. The van der Waals surface area contributed by atoms with Crippen molar-refractivity contribution in [2.75, 3.05) is 12.4 Å². The van der Waals surface area contributed by atoms with Gasteiger partial charge in [-0.05, 0) is 61.9 Å². The van der Waals surface area contributed by atoms with Crippen LogP contribution in [0.2, 0.25) is 0 Å². The standard InChI is InChI=1S/C19H19FN2O2/c1-19(2,16-11-21-17-10-12(20)4-9-15(16)17)18(23)22-13-5-7-14(24-3)8-6-13/h4-11,21H,1-3H3,(H,22,23). The van der Waals surface area contributed by atoms with Gasteiger partial charge in [-0.25, -0.2) is 4.39 Å². The minimum atomic E-state index is -0.782. The van der Waals surface area contributed by atoms with Gasteiger partial charge in [-0.2, -0.15) is 0 Å². The Balaban J connectivity index is 1.88. The van der Waals surface area contributed by atoms with E-state index < -0.39 is 5.41 Å². The smallest absolute Gasteiger partial charge is 0.234 e. The third-order valence-electron chi connectivity index (χ3n) is 4.23. The summed E-state index contributed by atoms with van der Waals surface area (Å²) in [5.41, 5.74) is 1.41. The van der Waals surface area contributed by atoms with Crippen LogP contribution in [-0.4, -0.2) is 18.0 Å². The Morgan fingerprint density at radius 2 is 1.88 bits per heavy atom. The number of hydrogen-bond acceptors (Lipinski definition) is 2. The summed E-state index contributed by atoms with van der Waals surface area (Å²) >= 11 is 0. The van der Waals surface area contributed by atoms with Gasteiger partial charge >= 0.3 is 0 Å². The highest BCUT2D eigenvalue weighted by atomic mass is 19.1. The molecule has 4 nitrogen and oxygen atoms in total. The van der Waals surface area contributed by atoms with Gasteiger partial charge in [-0.15, -0.1) is 0 Å². The summed E-state index contributed by atoms with van der Waals surface area (Å²) in [6.07, 6.45) is 1.76. The second kappa shape index (κ2) is 6.00. The van der Waals surface area contributed by atoms with E-state index in [1.165, 1.54) is 12.1 Å². The van der Waals surface area contributed by atoms with E-state index in [1.807, 2.05) is 13.8 Å². The number of nitrogens with one attached hydrogen (secondary N) is 2. The van der Waals surface area contributed by atoms with Crippen molar-refractivity contribution < 1.29 is 13.9 Å². The molecule has 0 unspecified atom stereocenters. The van der Waals surface area contributed by atoms with E-state index in [2.05, 4.69) is 10.3 Å². The van der Waals surface area contributed by atoms with Gasteiger partial charge in [0.15, 0.2) is 0 Å². The van der Waals surface area contributed by atoms with Crippen LogP contribution < -0.4 is 10.1 Å². The predicted molar refractivity (Wildman–Crippen MR) is 92.9 cm³/mol. The van der Waals surface area contributed by atoms with Crippen molar-refractivity contribution in [3.63, 3.8) is 0 Å². The molecule has 5 heteroatoms. The zero-order valence-corrected chi connectivity index (χ0v) is 13.8. The molecule has 0 spiro atoms. The normalized spacial score (nSPS) is 11.5. The van der Waals surface area contributed by atoms with Crippen molar-refractivity contribution in [2.45, 2.75) is 19.3 Å². The van der Waals surface area contributed by atoms with Gasteiger partial charge < -0.3 is 15.0 Å². The Morgan fingerprint density at radius 3 is 2.54 bits per heavy atom. The molecule has 2 aromatic carbocycles. The molecule has 0 atom stereocenters. The first-order valence-corrected chi connectivity index (χ1v) is 7.64. The zero-order valence-electron chi connectivity index (χ0n) is 13.8. The number of hydrogen-bond donors (Lipinski definition) is 2. The highest BCUT2D eigenvalue weighted by molar-refractivity contribution is 6.01. The molecule has 2 N–H and O–H groups in total.